The molecule has 7 nitrogen and oxygen atoms in total. The van der Waals surface area contributed by atoms with Gasteiger partial charge in [0.25, 0.3) is 5.88 Å². The fraction of sp³-hybridized carbons (Fsp3) is 0.250. The number of piperazine rings is 1. The number of H-pyrrole nitrogens is 1. The molecule has 0 aliphatic carbocycles. The van der Waals surface area contributed by atoms with Crippen molar-refractivity contribution < 1.29 is 13.5 Å². The van der Waals surface area contributed by atoms with E-state index in [0.29, 0.717) is 16.6 Å². The Hall–Kier alpha value is -3.72. The normalized spacial score (nSPS) is 14.6. The first-order valence-electron chi connectivity index (χ1n) is 10.7. The third-order valence-corrected chi connectivity index (χ3v) is 5.78. The van der Waals surface area contributed by atoms with Crippen LogP contribution < -0.4 is 15.0 Å². The van der Waals surface area contributed by atoms with Gasteiger partial charge in [-0.2, -0.15) is 9.37 Å². The summed E-state index contributed by atoms with van der Waals surface area (Å²) in [6, 6.07) is 12.5. The standard InChI is InChI=1S/C24H24F2N6O/c1-15-12-18-19(29-15)6-7-20(21(18)25)33-24-22(26)23(27-14-28-24)30-16-4-3-5-17(13-16)32-10-8-31(2)9-11-32/h3-7,12-14,29H,8-11H2,1-2H3,(H,27,28,30). The number of halogens is 2. The average Bonchev–Trinajstić information content (AvgIpc) is 3.20. The Morgan fingerprint density at radius 3 is 2.64 bits per heavy atom. The molecule has 0 radical (unpaired) electrons. The van der Waals surface area contributed by atoms with Gasteiger partial charge in [-0.25, -0.2) is 9.37 Å². The maximum absolute atomic E-state index is 15.1. The molecular formula is C24H24F2N6O. The second-order valence-corrected chi connectivity index (χ2v) is 8.20. The van der Waals surface area contributed by atoms with Gasteiger partial charge in [0.2, 0.25) is 5.82 Å². The summed E-state index contributed by atoms with van der Waals surface area (Å²) in [5, 5.41) is 3.37. The summed E-state index contributed by atoms with van der Waals surface area (Å²) in [6.07, 6.45) is 1.18. The Balaban J connectivity index is 1.37. The van der Waals surface area contributed by atoms with Crippen molar-refractivity contribution in [3.05, 3.63) is 66.1 Å². The van der Waals surface area contributed by atoms with Crippen LogP contribution in [0.25, 0.3) is 10.9 Å². The number of aromatic amines is 1. The predicted molar refractivity (Wildman–Crippen MR) is 124 cm³/mol. The second kappa shape index (κ2) is 8.67. The Morgan fingerprint density at radius 1 is 1.00 bits per heavy atom. The third kappa shape index (κ3) is 4.31. The lowest BCUT2D eigenvalue weighted by molar-refractivity contribution is 0.313. The molecule has 0 bridgehead atoms. The highest BCUT2D eigenvalue weighted by Crippen LogP contribution is 2.32. The summed E-state index contributed by atoms with van der Waals surface area (Å²) in [4.78, 5) is 15.5. The summed E-state index contributed by atoms with van der Waals surface area (Å²) in [6.45, 7) is 5.67. The Bertz CT molecular complexity index is 1300. The zero-order valence-electron chi connectivity index (χ0n) is 18.4. The Kier molecular flexibility index (Phi) is 5.55. The van der Waals surface area contributed by atoms with Crippen LogP contribution in [0, 0.1) is 18.6 Å². The minimum absolute atomic E-state index is 0.0468. The quantitative estimate of drug-likeness (QED) is 0.454. The monoisotopic (exact) mass is 450 g/mol. The minimum atomic E-state index is -0.799. The van der Waals surface area contributed by atoms with Crippen molar-refractivity contribution in [2.45, 2.75) is 6.92 Å². The smallest absolute Gasteiger partial charge is 0.261 e. The van der Waals surface area contributed by atoms with Gasteiger partial charge in [-0.15, -0.1) is 0 Å². The zero-order chi connectivity index (χ0) is 22.9. The number of hydrogen-bond acceptors (Lipinski definition) is 6. The van der Waals surface area contributed by atoms with E-state index >= 15 is 4.39 Å². The maximum Gasteiger partial charge on any atom is 0.261 e. The highest BCUT2D eigenvalue weighted by molar-refractivity contribution is 5.82. The van der Waals surface area contributed by atoms with Crippen molar-refractivity contribution in [1.29, 1.82) is 0 Å². The predicted octanol–water partition coefficient (Wildman–Crippen LogP) is 4.83. The van der Waals surface area contributed by atoms with Crippen LogP contribution in [0.15, 0.2) is 48.8 Å². The van der Waals surface area contributed by atoms with E-state index in [1.807, 2.05) is 31.2 Å². The summed E-state index contributed by atoms with van der Waals surface area (Å²) < 4.78 is 35.5. The van der Waals surface area contributed by atoms with Crippen LogP contribution in [-0.4, -0.2) is 53.1 Å². The molecule has 2 N–H and O–H groups in total. The van der Waals surface area contributed by atoms with Crippen LogP contribution in [0.4, 0.5) is 26.0 Å². The summed E-state index contributed by atoms with van der Waals surface area (Å²) in [5.41, 5.74) is 3.20. The van der Waals surface area contributed by atoms with Crippen molar-refractivity contribution in [3.8, 4) is 11.6 Å². The van der Waals surface area contributed by atoms with Crippen molar-refractivity contribution in [2.75, 3.05) is 43.4 Å². The van der Waals surface area contributed by atoms with Crippen LogP contribution in [0.1, 0.15) is 5.69 Å². The van der Waals surface area contributed by atoms with E-state index in [1.54, 1.807) is 12.1 Å². The van der Waals surface area contributed by atoms with Crippen molar-refractivity contribution in [1.82, 2.24) is 19.9 Å². The van der Waals surface area contributed by atoms with Gasteiger partial charge in [-0.3, -0.25) is 0 Å². The molecule has 0 saturated carbocycles. The van der Waals surface area contributed by atoms with Crippen LogP contribution in [-0.2, 0) is 0 Å². The average molecular weight is 450 g/mol. The number of fused-ring (bicyclic) bond motifs is 1. The van der Waals surface area contributed by atoms with E-state index in [-0.39, 0.29) is 17.4 Å². The van der Waals surface area contributed by atoms with E-state index in [9.17, 15) is 4.39 Å². The second-order valence-electron chi connectivity index (χ2n) is 8.20. The largest absolute Gasteiger partial charge is 0.433 e. The molecule has 0 spiro atoms. The van der Waals surface area contributed by atoms with Gasteiger partial charge in [-0.05, 0) is 50.4 Å². The van der Waals surface area contributed by atoms with Crippen LogP contribution >= 0.6 is 0 Å². The van der Waals surface area contributed by atoms with Crippen LogP contribution in [0.5, 0.6) is 11.6 Å². The van der Waals surface area contributed by atoms with E-state index < -0.39 is 11.6 Å². The number of benzene rings is 2. The Labute approximate surface area is 190 Å². The van der Waals surface area contributed by atoms with Crippen molar-refractivity contribution in [3.63, 3.8) is 0 Å². The SMILES string of the molecule is Cc1cc2c(F)c(Oc3ncnc(Nc4cccc(N5CCN(C)CC5)c4)c3F)ccc2[nH]1. The molecule has 9 heteroatoms. The topological polar surface area (TPSA) is 69.3 Å². The highest BCUT2D eigenvalue weighted by atomic mass is 19.1. The van der Waals surface area contributed by atoms with Gasteiger partial charge in [0, 0.05) is 54.2 Å². The number of nitrogens with zero attached hydrogens (tertiary/aromatic N) is 4. The molecule has 5 rings (SSSR count). The molecule has 3 heterocycles. The molecule has 1 aliphatic rings. The number of rotatable bonds is 5. The van der Waals surface area contributed by atoms with E-state index in [2.05, 4.69) is 37.1 Å². The summed E-state index contributed by atoms with van der Waals surface area (Å²) in [7, 11) is 2.11. The number of nitrogens with one attached hydrogen (secondary N) is 2. The van der Waals surface area contributed by atoms with E-state index in [4.69, 9.17) is 4.74 Å². The van der Waals surface area contributed by atoms with Gasteiger partial charge in [-0.1, -0.05) is 6.07 Å². The molecule has 1 aliphatic heterocycles. The zero-order valence-corrected chi connectivity index (χ0v) is 18.4. The summed E-state index contributed by atoms with van der Waals surface area (Å²) in [5.74, 6) is -1.89. The molecule has 1 saturated heterocycles. The molecular weight excluding hydrogens is 426 g/mol. The Morgan fingerprint density at radius 2 is 1.82 bits per heavy atom. The number of aryl methyl sites for hydroxylation is 1. The first-order chi connectivity index (χ1) is 16.0. The van der Waals surface area contributed by atoms with Gasteiger partial charge in [0.15, 0.2) is 17.4 Å². The molecule has 170 valence electrons. The van der Waals surface area contributed by atoms with E-state index in [0.717, 1.165) is 37.6 Å². The molecule has 2 aromatic carbocycles. The molecule has 0 unspecified atom stereocenters. The molecule has 0 atom stereocenters. The van der Waals surface area contributed by atoms with Crippen LogP contribution in [0.3, 0.4) is 0 Å². The summed E-state index contributed by atoms with van der Waals surface area (Å²) >= 11 is 0. The fourth-order valence-corrected chi connectivity index (χ4v) is 3.96. The molecule has 2 aromatic heterocycles. The lowest BCUT2D eigenvalue weighted by Crippen LogP contribution is -2.44. The number of aromatic nitrogens is 3. The van der Waals surface area contributed by atoms with Gasteiger partial charge >= 0.3 is 0 Å². The van der Waals surface area contributed by atoms with Gasteiger partial charge in [0.05, 0.1) is 0 Å². The first-order valence-corrected chi connectivity index (χ1v) is 10.7. The molecule has 0 amide bonds. The highest BCUT2D eigenvalue weighted by Gasteiger charge is 2.18. The molecule has 33 heavy (non-hydrogen) atoms. The molecule has 1 fully saturated rings. The van der Waals surface area contributed by atoms with Crippen molar-refractivity contribution in [2.24, 2.45) is 0 Å². The third-order valence-electron chi connectivity index (χ3n) is 5.78. The lowest BCUT2D eigenvalue weighted by atomic mass is 10.2. The lowest BCUT2D eigenvalue weighted by Gasteiger charge is -2.34. The fourth-order valence-electron chi connectivity index (χ4n) is 3.96. The van der Waals surface area contributed by atoms with E-state index in [1.165, 1.54) is 12.4 Å². The van der Waals surface area contributed by atoms with Gasteiger partial charge in [0.1, 0.15) is 6.33 Å². The first kappa shape index (κ1) is 21.1. The van der Waals surface area contributed by atoms with Gasteiger partial charge < -0.3 is 24.8 Å². The number of ether oxygens (including phenoxy) is 1. The maximum atomic E-state index is 15.1. The van der Waals surface area contributed by atoms with Crippen LogP contribution in [0.2, 0.25) is 0 Å². The number of anilines is 3. The minimum Gasteiger partial charge on any atom is -0.433 e. The van der Waals surface area contributed by atoms with Crippen molar-refractivity contribution >= 4 is 28.1 Å². The number of hydrogen-bond donors (Lipinski definition) is 2. The molecule has 4 aromatic rings. The number of likely N-dealkylation sites (N-methyl/N-ethyl adjacent to an activating group) is 1.